The minimum absolute atomic E-state index is 0.0726. The molecule has 0 radical (unpaired) electrons. The molecule has 0 unspecified atom stereocenters. The van der Waals surface area contributed by atoms with Gasteiger partial charge in [0.15, 0.2) is 6.61 Å². The quantitative estimate of drug-likeness (QED) is 0.917. The number of hydrogen-bond acceptors (Lipinski definition) is 3. The molecule has 1 fully saturated rings. The van der Waals surface area contributed by atoms with E-state index < -0.39 is 0 Å². The Labute approximate surface area is 120 Å². The van der Waals surface area contributed by atoms with E-state index >= 15 is 0 Å². The molecule has 2 rings (SSSR count). The van der Waals surface area contributed by atoms with Crippen molar-refractivity contribution in [1.82, 2.24) is 4.90 Å². The largest absolute Gasteiger partial charge is 0.484 e. The number of hydrogen-bond donors (Lipinski definition) is 1. The van der Waals surface area contributed by atoms with Crippen LogP contribution in [0.5, 0.6) is 5.75 Å². The molecule has 1 amide bonds. The van der Waals surface area contributed by atoms with Crippen LogP contribution in [-0.2, 0) is 11.3 Å². The van der Waals surface area contributed by atoms with E-state index in [1.807, 2.05) is 29.2 Å². The van der Waals surface area contributed by atoms with Gasteiger partial charge in [0.25, 0.3) is 5.91 Å². The molecule has 110 valence electrons. The van der Waals surface area contributed by atoms with Gasteiger partial charge in [-0.3, -0.25) is 4.79 Å². The van der Waals surface area contributed by atoms with Crippen molar-refractivity contribution in [3.8, 4) is 5.75 Å². The van der Waals surface area contributed by atoms with Gasteiger partial charge in [0.2, 0.25) is 0 Å². The van der Waals surface area contributed by atoms with Crippen molar-refractivity contribution in [2.75, 3.05) is 19.7 Å². The first kappa shape index (κ1) is 14.9. The molecular formula is C16H24N2O2. The van der Waals surface area contributed by atoms with Gasteiger partial charge in [-0.05, 0) is 36.0 Å². The predicted molar refractivity (Wildman–Crippen MR) is 79.4 cm³/mol. The van der Waals surface area contributed by atoms with Crippen molar-refractivity contribution in [2.24, 2.45) is 11.1 Å². The molecule has 0 atom stereocenters. The Morgan fingerprint density at radius 2 is 1.85 bits per heavy atom. The lowest BCUT2D eigenvalue weighted by molar-refractivity contribution is -0.135. The van der Waals surface area contributed by atoms with Crippen LogP contribution in [0, 0.1) is 5.41 Å². The summed E-state index contributed by atoms with van der Waals surface area (Å²) in [5.41, 5.74) is 6.95. The third kappa shape index (κ3) is 3.97. The van der Waals surface area contributed by atoms with Crippen molar-refractivity contribution >= 4 is 5.91 Å². The fourth-order valence-corrected chi connectivity index (χ4v) is 2.32. The van der Waals surface area contributed by atoms with Crippen LogP contribution in [0.25, 0.3) is 0 Å². The highest BCUT2D eigenvalue weighted by molar-refractivity contribution is 5.77. The molecular weight excluding hydrogens is 252 g/mol. The average Bonchev–Trinajstić information content (AvgIpc) is 2.45. The summed E-state index contributed by atoms with van der Waals surface area (Å²) in [7, 11) is 0. The fourth-order valence-electron chi connectivity index (χ4n) is 2.32. The first-order chi connectivity index (χ1) is 9.50. The van der Waals surface area contributed by atoms with Gasteiger partial charge in [-0.25, -0.2) is 0 Å². The number of piperidine rings is 1. The highest BCUT2D eigenvalue weighted by atomic mass is 16.5. The molecule has 0 spiro atoms. The number of nitrogens with two attached hydrogens (primary N) is 1. The van der Waals surface area contributed by atoms with Gasteiger partial charge in [-0.15, -0.1) is 0 Å². The van der Waals surface area contributed by atoms with E-state index in [1.54, 1.807) is 0 Å². The number of benzene rings is 1. The molecule has 0 saturated carbocycles. The lowest BCUT2D eigenvalue weighted by Crippen LogP contribution is -2.43. The van der Waals surface area contributed by atoms with Crippen LogP contribution < -0.4 is 10.5 Å². The van der Waals surface area contributed by atoms with Crippen molar-refractivity contribution in [3.63, 3.8) is 0 Å². The number of carbonyl (C=O) groups excluding carboxylic acids is 1. The summed E-state index contributed by atoms with van der Waals surface area (Å²) < 4.78 is 5.54. The van der Waals surface area contributed by atoms with Crippen molar-refractivity contribution in [1.29, 1.82) is 0 Å². The van der Waals surface area contributed by atoms with Crippen LogP contribution in [-0.4, -0.2) is 30.5 Å². The van der Waals surface area contributed by atoms with E-state index in [9.17, 15) is 4.79 Å². The summed E-state index contributed by atoms with van der Waals surface area (Å²) in [5.74, 6) is 0.788. The number of amides is 1. The number of ether oxygens (including phenoxy) is 1. The molecule has 1 saturated heterocycles. The van der Waals surface area contributed by atoms with Gasteiger partial charge in [0.05, 0.1) is 0 Å². The van der Waals surface area contributed by atoms with Gasteiger partial charge in [0.1, 0.15) is 5.75 Å². The molecule has 1 aromatic carbocycles. The molecule has 1 aliphatic rings. The highest BCUT2D eigenvalue weighted by Gasteiger charge is 2.27. The van der Waals surface area contributed by atoms with Gasteiger partial charge in [-0.1, -0.05) is 26.0 Å². The summed E-state index contributed by atoms with van der Waals surface area (Å²) in [6.45, 7) is 6.81. The molecule has 2 N–H and O–H groups in total. The lowest BCUT2D eigenvalue weighted by Gasteiger charge is -2.36. The van der Waals surface area contributed by atoms with Crippen LogP contribution in [0.1, 0.15) is 32.3 Å². The SMILES string of the molecule is CC1(C)CCN(C(=O)COc2ccc(CN)cc2)CC1. The average molecular weight is 276 g/mol. The van der Waals surface area contributed by atoms with Gasteiger partial charge in [0, 0.05) is 19.6 Å². The van der Waals surface area contributed by atoms with Crippen molar-refractivity contribution < 1.29 is 9.53 Å². The summed E-state index contributed by atoms with van der Waals surface area (Å²) in [4.78, 5) is 14.0. The summed E-state index contributed by atoms with van der Waals surface area (Å²) >= 11 is 0. The maximum Gasteiger partial charge on any atom is 0.260 e. The standard InChI is InChI=1S/C16H24N2O2/c1-16(2)7-9-18(10-8-16)15(19)12-20-14-5-3-13(11-17)4-6-14/h3-6H,7-12,17H2,1-2H3. The normalized spacial score (nSPS) is 17.9. The van der Waals surface area contributed by atoms with E-state index in [0.29, 0.717) is 17.7 Å². The second-order valence-electron chi connectivity index (χ2n) is 6.18. The second-order valence-corrected chi connectivity index (χ2v) is 6.18. The number of rotatable bonds is 4. The zero-order chi connectivity index (χ0) is 14.6. The monoisotopic (exact) mass is 276 g/mol. The Bertz CT molecular complexity index is 444. The third-order valence-electron chi connectivity index (χ3n) is 3.99. The van der Waals surface area contributed by atoms with E-state index in [0.717, 1.165) is 31.5 Å². The van der Waals surface area contributed by atoms with Crippen LogP contribution in [0.4, 0.5) is 0 Å². The zero-order valence-electron chi connectivity index (χ0n) is 12.4. The molecule has 1 aromatic rings. The molecule has 4 heteroatoms. The molecule has 0 aromatic heterocycles. The smallest absolute Gasteiger partial charge is 0.260 e. The Morgan fingerprint density at radius 3 is 2.40 bits per heavy atom. The summed E-state index contributed by atoms with van der Waals surface area (Å²) in [5, 5.41) is 0. The van der Waals surface area contributed by atoms with Gasteiger partial charge < -0.3 is 15.4 Å². The number of likely N-dealkylation sites (tertiary alicyclic amines) is 1. The molecule has 1 heterocycles. The van der Waals surface area contributed by atoms with E-state index in [2.05, 4.69) is 13.8 Å². The third-order valence-corrected chi connectivity index (χ3v) is 3.99. The highest BCUT2D eigenvalue weighted by Crippen LogP contribution is 2.29. The zero-order valence-corrected chi connectivity index (χ0v) is 12.4. The van der Waals surface area contributed by atoms with E-state index in [4.69, 9.17) is 10.5 Å². The first-order valence-corrected chi connectivity index (χ1v) is 7.20. The summed E-state index contributed by atoms with van der Waals surface area (Å²) in [6, 6.07) is 7.55. The molecule has 1 aliphatic heterocycles. The summed E-state index contributed by atoms with van der Waals surface area (Å²) in [6.07, 6.45) is 2.12. The Kier molecular flexibility index (Phi) is 4.65. The number of carbonyl (C=O) groups is 1. The van der Waals surface area contributed by atoms with Crippen LogP contribution in [0.15, 0.2) is 24.3 Å². The minimum Gasteiger partial charge on any atom is -0.484 e. The topological polar surface area (TPSA) is 55.6 Å². The van der Waals surface area contributed by atoms with Crippen molar-refractivity contribution in [2.45, 2.75) is 33.2 Å². The Balaban J connectivity index is 1.80. The van der Waals surface area contributed by atoms with Crippen LogP contribution >= 0.6 is 0 Å². The molecule has 4 nitrogen and oxygen atoms in total. The Hall–Kier alpha value is -1.55. The van der Waals surface area contributed by atoms with Gasteiger partial charge >= 0.3 is 0 Å². The number of nitrogens with zero attached hydrogens (tertiary/aromatic N) is 1. The fraction of sp³-hybridized carbons (Fsp3) is 0.562. The lowest BCUT2D eigenvalue weighted by atomic mass is 9.83. The maximum atomic E-state index is 12.1. The van der Waals surface area contributed by atoms with Crippen molar-refractivity contribution in [3.05, 3.63) is 29.8 Å². The Morgan fingerprint density at radius 1 is 1.25 bits per heavy atom. The molecule has 0 aliphatic carbocycles. The van der Waals surface area contributed by atoms with Gasteiger partial charge in [-0.2, -0.15) is 0 Å². The molecule has 0 bridgehead atoms. The van der Waals surface area contributed by atoms with E-state index in [1.165, 1.54) is 0 Å². The second kappa shape index (κ2) is 6.27. The van der Waals surface area contributed by atoms with Crippen LogP contribution in [0.2, 0.25) is 0 Å². The van der Waals surface area contributed by atoms with Crippen LogP contribution in [0.3, 0.4) is 0 Å². The minimum atomic E-state index is 0.0726. The first-order valence-electron chi connectivity index (χ1n) is 7.20. The predicted octanol–water partition coefficient (Wildman–Crippen LogP) is 2.17. The maximum absolute atomic E-state index is 12.1. The molecule has 20 heavy (non-hydrogen) atoms. The van der Waals surface area contributed by atoms with E-state index in [-0.39, 0.29) is 12.5 Å².